The second-order valence-electron chi connectivity index (χ2n) is 4.18. The predicted molar refractivity (Wildman–Crippen MR) is 59.6 cm³/mol. The van der Waals surface area contributed by atoms with Crippen molar-refractivity contribution in [3.05, 3.63) is 29.3 Å². The zero-order valence-corrected chi connectivity index (χ0v) is 10.1. The van der Waals surface area contributed by atoms with Crippen molar-refractivity contribution in [1.82, 2.24) is 5.32 Å². The summed E-state index contributed by atoms with van der Waals surface area (Å²) in [6, 6.07) is 3.90. The lowest BCUT2D eigenvalue weighted by Crippen LogP contribution is -2.58. The van der Waals surface area contributed by atoms with Gasteiger partial charge in [0.1, 0.15) is 11.4 Å². The molecule has 0 aliphatic carbocycles. The first kappa shape index (κ1) is 13.2. The van der Waals surface area contributed by atoms with Crippen molar-refractivity contribution in [1.29, 1.82) is 0 Å². The number of hydrogen-bond donors (Lipinski definition) is 1. The monoisotopic (exact) mass is 261 g/mol. The molecule has 1 heterocycles. The van der Waals surface area contributed by atoms with E-state index in [1.54, 1.807) is 0 Å². The van der Waals surface area contributed by atoms with Gasteiger partial charge in [-0.2, -0.15) is 13.2 Å². The van der Waals surface area contributed by atoms with Crippen molar-refractivity contribution in [2.45, 2.75) is 11.8 Å². The Morgan fingerprint density at radius 1 is 1.22 bits per heavy atom. The summed E-state index contributed by atoms with van der Waals surface area (Å²) in [7, 11) is 2.77. The van der Waals surface area contributed by atoms with Gasteiger partial charge in [-0.25, -0.2) is 0 Å². The van der Waals surface area contributed by atoms with Gasteiger partial charge < -0.3 is 14.8 Å². The first-order valence-electron chi connectivity index (χ1n) is 5.45. The molecular weight excluding hydrogens is 247 g/mol. The van der Waals surface area contributed by atoms with Crippen LogP contribution < -0.4 is 10.1 Å². The molecule has 100 valence electrons. The number of alkyl halides is 3. The van der Waals surface area contributed by atoms with Crippen LogP contribution in [0, 0.1) is 0 Å². The average Bonchev–Trinajstić information content (AvgIpc) is 2.27. The molecule has 0 atom stereocenters. The van der Waals surface area contributed by atoms with Gasteiger partial charge in [0, 0.05) is 25.8 Å². The van der Waals surface area contributed by atoms with Gasteiger partial charge in [0.15, 0.2) is 0 Å². The number of halogens is 3. The topological polar surface area (TPSA) is 30.5 Å². The van der Waals surface area contributed by atoms with E-state index in [0.717, 1.165) is 6.07 Å². The van der Waals surface area contributed by atoms with E-state index >= 15 is 0 Å². The van der Waals surface area contributed by atoms with E-state index in [9.17, 15) is 13.2 Å². The summed E-state index contributed by atoms with van der Waals surface area (Å²) in [6.07, 6.45) is -4.43. The number of methoxy groups -OCH3 is 2. The fourth-order valence-electron chi connectivity index (χ4n) is 2.18. The molecule has 1 N–H and O–H groups in total. The smallest absolute Gasteiger partial charge is 0.416 e. The number of ether oxygens (including phenoxy) is 2. The van der Waals surface area contributed by atoms with Gasteiger partial charge in [0.05, 0.1) is 12.7 Å². The van der Waals surface area contributed by atoms with Gasteiger partial charge in [-0.05, 0) is 12.1 Å². The molecule has 3 nitrogen and oxygen atoms in total. The van der Waals surface area contributed by atoms with Gasteiger partial charge in [-0.3, -0.25) is 0 Å². The van der Waals surface area contributed by atoms with E-state index in [2.05, 4.69) is 5.32 Å². The van der Waals surface area contributed by atoms with E-state index in [1.807, 2.05) is 0 Å². The molecule has 0 amide bonds. The van der Waals surface area contributed by atoms with Crippen molar-refractivity contribution in [3.8, 4) is 5.75 Å². The normalized spacial score (nSPS) is 18.3. The SMILES string of the molecule is COc1cccc(C(F)(F)F)c1C1(OC)CNC1. The Morgan fingerprint density at radius 3 is 2.28 bits per heavy atom. The number of nitrogens with one attached hydrogen (secondary N) is 1. The van der Waals surface area contributed by atoms with Gasteiger partial charge in [-0.15, -0.1) is 0 Å². The maximum atomic E-state index is 13.1. The second-order valence-corrected chi connectivity index (χ2v) is 4.18. The quantitative estimate of drug-likeness (QED) is 0.904. The van der Waals surface area contributed by atoms with E-state index < -0.39 is 17.3 Å². The highest BCUT2D eigenvalue weighted by atomic mass is 19.4. The van der Waals surface area contributed by atoms with Crippen LogP contribution in [0.4, 0.5) is 13.2 Å². The van der Waals surface area contributed by atoms with Crippen LogP contribution in [0.25, 0.3) is 0 Å². The summed E-state index contributed by atoms with van der Waals surface area (Å²) in [5.41, 5.74) is -1.59. The third-order valence-electron chi connectivity index (χ3n) is 3.22. The second kappa shape index (κ2) is 4.44. The van der Waals surface area contributed by atoms with Crippen LogP contribution in [-0.2, 0) is 16.5 Å². The lowest BCUT2D eigenvalue weighted by atomic mass is 9.83. The third kappa shape index (κ3) is 1.95. The number of rotatable bonds is 3. The summed E-state index contributed by atoms with van der Waals surface area (Å²) in [4.78, 5) is 0. The molecule has 1 fully saturated rings. The maximum absolute atomic E-state index is 13.1. The fraction of sp³-hybridized carbons (Fsp3) is 0.500. The molecule has 0 aromatic heterocycles. The predicted octanol–water partition coefficient (Wildman–Crippen LogP) is 2.16. The lowest BCUT2D eigenvalue weighted by molar-refractivity contribution is -0.143. The zero-order chi connectivity index (χ0) is 13.4. The third-order valence-corrected chi connectivity index (χ3v) is 3.22. The van der Waals surface area contributed by atoms with E-state index in [1.165, 1.54) is 26.4 Å². The van der Waals surface area contributed by atoms with Gasteiger partial charge in [-0.1, -0.05) is 6.07 Å². The van der Waals surface area contributed by atoms with Crippen LogP contribution in [0.5, 0.6) is 5.75 Å². The standard InChI is InChI=1S/C12H14F3NO2/c1-17-9-5-3-4-8(12(13,14)15)10(9)11(18-2)6-16-7-11/h3-5,16H,6-7H2,1-2H3. The van der Waals surface area contributed by atoms with Gasteiger partial charge in [0.2, 0.25) is 0 Å². The minimum Gasteiger partial charge on any atom is -0.496 e. The summed E-state index contributed by atoms with van der Waals surface area (Å²) in [5, 5.41) is 2.93. The minimum absolute atomic E-state index is 0.0706. The molecule has 18 heavy (non-hydrogen) atoms. The summed E-state index contributed by atoms with van der Waals surface area (Å²) in [5.74, 6) is 0.202. The molecule has 1 aliphatic rings. The molecule has 1 aromatic carbocycles. The highest BCUT2D eigenvalue weighted by Gasteiger charge is 2.47. The van der Waals surface area contributed by atoms with Crippen LogP contribution in [0.3, 0.4) is 0 Å². The van der Waals surface area contributed by atoms with Gasteiger partial charge in [0.25, 0.3) is 0 Å². The molecule has 1 aromatic rings. The lowest BCUT2D eigenvalue weighted by Gasteiger charge is -2.43. The van der Waals surface area contributed by atoms with Crippen molar-refractivity contribution in [2.75, 3.05) is 27.3 Å². The Kier molecular flexibility index (Phi) is 3.25. The molecule has 1 aliphatic heterocycles. The highest BCUT2D eigenvalue weighted by Crippen LogP contribution is 2.44. The average molecular weight is 261 g/mol. The maximum Gasteiger partial charge on any atom is 0.416 e. The number of benzene rings is 1. The van der Waals surface area contributed by atoms with Crippen LogP contribution in [0.2, 0.25) is 0 Å². The molecule has 6 heteroatoms. The molecule has 0 radical (unpaired) electrons. The summed E-state index contributed by atoms with van der Waals surface area (Å²) in [6.45, 7) is 0.680. The van der Waals surface area contributed by atoms with Crippen LogP contribution in [-0.4, -0.2) is 27.3 Å². The molecular formula is C12H14F3NO2. The Bertz CT molecular complexity index is 436. The first-order chi connectivity index (χ1) is 8.44. The fourth-order valence-corrected chi connectivity index (χ4v) is 2.18. The van der Waals surface area contributed by atoms with Crippen LogP contribution in [0.1, 0.15) is 11.1 Å². The van der Waals surface area contributed by atoms with Crippen LogP contribution in [0.15, 0.2) is 18.2 Å². The van der Waals surface area contributed by atoms with Crippen molar-refractivity contribution >= 4 is 0 Å². The highest BCUT2D eigenvalue weighted by molar-refractivity contribution is 5.47. The Balaban J connectivity index is 2.62. The molecule has 0 bridgehead atoms. The van der Waals surface area contributed by atoms with Gasteiger partial charge >= 0.3 is 6.18 Å². The zero-order valence-electron chi connectivity index (χ0n) is 10.1. The Labute approximate surface area is 103 Å². The van der Waals surface area contributed by atoms with Crippen molar-refractivity contribution in [3.63, 3.8) is 0 Å². The number of hydrogen-bond acceptors (Lipinski definition) is 3. The minimum atomic E-state index is -4.43. The first-order valence-corrected chi connectivity index (χ1v) is 5.45. The Hall–Kier alpha value is -1.27. The summed E-state index contributed by atoms with van der Waals surface area (Å²) < 4.78 is 49.5. The Morgan fingerprint density at radius 2 is 1.89 bits per heavy atom. The van der Waals surface area contributed by atoms with E-state index in [4.69, 9.17) is 9.47 Å². The molecule has 2 rings (SSSR count). The molecule has 0 spiro atoms. The van der Waals surface area contributed by atoms with Crippen molar-refractivity contribution < 1.29 is 22.6 Å². The molecule has 0 unspecified atom stereocenters. The largest absolute Gasteiger partial charge is 0.496 e. The summed E-state index contributed by atoms with van der Waals surface area (Å²) >= 11 is 0. The molecule has 1 saturated heterocycles. The van der Waals surface area contributed by atoms with Crippen molar-refractivity contribution in [2.24, 2.45) is 0 Å². The van der Waals surface area contributed by atoms with E-state index in [0.29, 0.717) is 13.1 Å². The van der Waals surface area contributed by atoms with E-state index in [-0.39, 0.29) is 11.3 Å². The molecule has 0 saturated carbocycles. The van der Waals surface area contributed by atoms with Crippen LogP contribution >= 0.6 is 0 Å².